The number of ether oxygens (including phenoxy) is 1. The van der Waals surface area contributed by atoms with Gasteiger partial charge in [-0.2, -0.15) is 4.98 Å². The summed E-state index contributed by atoms with van der Waals surface area (Å²) in [4.78, 5) is 18.4. The van der Waals surface area contributed by atoms with Crippen molar-refractivity contribution in [3.8, 4) is 17.1 Å². The summed E-state index contributed by atoms with van der Waals surface area (Å²) in [5.74, 6) is 1.79. The fourth-order valence-corrected chi connectivity index (χ4v) is 3.03. The number of benzene rings is 2. The molecule has 0 radical (unpaired) electrons. The van der Waals surface area contributed by atoms with Gasteiger partial charge in [0.1, 0.15) is 5.75 Å². The fourth-order valence-electron chi connectivity index (χ4n) is 3.03. The topological polar surface area (TPSA) is 80.5 Å². The minimum absolute atomic E-state index is 0.0587. The molecule has 2 heterocycles. The lowest BCUT2D eigenvalue weighted by Crippen LogP contribution is -2.52. The SMILES string of the molecule is COc1ccccc1-c1noc(C2CN(C(=O)NCc3ccccc3)C2)n1. The number of likely N-dealkylation sites (tertiary alicyclic amines) is 1. The van der Waals surface area contributed by atoms with E-state index in [1.807, 2.05) is 54.6 Å². The molecular weight excluding hydrogens is 344 g/mol. The lowest BCUT2D eigenvalue weighted by Gasteiger charge is -2.36. The minimum Gasteiger partial charge on any atom is -0.496 e. The van der Waals surface area contributed by atoms with Crippen LogP contribution in [0.15, 0.2) is 59.1 Å². The molecule has 7 nitrogen and oxygen atoms in total. The highest BCUT2D eigenvalue weighted by molar-refractivity contribution is 5.75. The van der Waals surface area contributed by atoms with Crippen molar-refractivity contribution in [3.63, 3.8) is 0 Å². The predicted octanol–water partition coefficient (Wildman–Crippen LogP) is 3.05. The maximum absolute atomic E-state index is 12.2. The fraction of sp³-hybridized carbons (Fsp3) is 0.250. The number of urea groups is 1. The van der Waals surface area contributed by atoms with Crippen LogP contribution in [0.25, 0.3) is 11.4 Å². The monoisotopic (exact) mass is 364 g/mol. The summed E-state index contributed by atoms with van der Waals surface area (Å²) >= 11 is 0. The molecule has 0 aliphatic carbocycles. The summed E-state index contributed by atoms with van der Waals surface area (Å²) in [5.41, 5.74) is 1.85. The van der Waals surface area contributed by atoms with E-state index < -0.39 is 0 Å². The van der Waals surface area contributed by atoms with E-state index in [1.54, 1.807) is 12.0 Å². The summed E-state index contributed by atoms with van der Waals surface area (Å²) in [6.07, 6.45) is 0. The van der Waals surface area contributed by atoms with Crippen molar-refractivity contribution in [2.75, 3.05) is 20.2 Å². The smallest absolute Gasteiger partial charge is 0.317 e. The van der Waals surface area contributed by atoms with E-state index in [0.29, 0.717) is 37.1 Å². The van der Waals surface area contributed by atoms with Crippen molar-refractivity contribution >= 4 is 6.03 Å². The van der Waals surface area contributed by atoms with E-state index in [9.17, 15) is 4.79 Å². The Morgan fingerprint density at radius 3 is 2.70 bits per heavy atom. The van der Waals surface area contributed by atoms with Gasteiger partial charge in [0.15, 0.2) is 0 Å². The van der Waals surface area contributed by atoms with Crippen molar-refractivity contribution in [2.45, 2.75) is 12.5 Å². The van der Waals surface area contributed by atoms with Gasteiger partial charge in [0.05, 0.1) is 18.6 Å². The maximum atomic E-state index is 12.2. The first-order chi connectivity index (χ1) is 13.2. The molecule has 0 saturated carbocycles. The van der Waals surface area contributed by atoms with Gasteiger partial charge in [0, 0.05) is 19.6 Å². The van der Waals surface area contributed by atoms with Gasteiger partial charge < -0.3 is 19.5 Å². The Hall–Kier alpha value is -3.35. The van der Waals surface area contributed by atoms with Gasteiger partial charge in [0.2, 0.25) is 11.7 Å². The van der Waals surface area contributed by atoms with Crippen LogP contribution >= 0.6 is 0 Å². The molecule has 7 heteroatoms. The van der Waals surface area contributed by atoms with Crippen molar-refractivity contribution < 1.29 is 14.1 Å². The molecule has 1 aliphatic heterocycles. The summed E-state index contributed by atoms with van der Waals surface area (Å²) < 4.78 is 10.7. The molecule has 1 N–H and O–H groups in total. The van der Waals surface area contributed by atoms with Crippen molar-refractivity contribution in [1.82, 2.24) is 20.4 Å². The zero-order valence-electron chi connectivity index (χ0n) is 15.0. The van der Waals surface area contributed by atoms with Gasteiger partial charge in [0.25, 0.3) is 0 Å². The first-order valence-electron chi connectivity index (χ1n) is 8.78. The van der Waals surface area contributed by atoms with Gasteiger partial charge in [-0.15, -0.1) is 0 Å². The molecule has 1 aliphatic rings. The molecule has 3 aromatic rings. The second kappa shape index (κ2) is 7.49. The lowest BCUT2D eigenvalue weighted by molar-refractivity contribution is 0.136. The largest absolute Gasteiger partial charge is 0.496 e. The molecule has 0 spiro atoms. The van der Waals surface area contributed by atoms with Crippen LogP contribution in [0.2, 0.25) is 0 Å². The van der Waals surface area contributed by atoms with E-state index in [-0.39, 0.29) is 11.9 Å². The van der Waals surface area contributed by atoms with E-state index in [2.05, 4.69) is 15.5 Å². The Labute approximate surface area is 156 Å². The molecule has 4 rings (SSSR count). The van der Waals surface area contributed by atoms with Gasteiger partial charge in [-0.05, 0) is 17.7 Å². The summed E-state index contributed by atoms with van der Waals surface area (Å²) in [6.45, 7) is 1.64. The highest BCUT2D eigenvalue weighted by Gasteiger charge is 2.35. The number of rotatable bonds is 5. The van der Waals surface area contributed by atoms with Crippen LogP contribution in [-0.4, -0.2) is 41.3 Å². The molecule has 1 saturated heterocycles. The normalized spacial score (nSPS) is 13.9. The second-order valence-corrected chi connectivity index (χ2v) is 6.40. The molecule has 0 atom stereocenters. The molecule has 27 heavy (non-hydrogen) atoms. The summed E-state index contributed by atoms with van der Waals surface area (Å²) in [6, 6.07) is 17.3. The van der Waals surface area contributed by atoms with Crippen LogP contribution in [0.3, 0.4) is 0 Å². The van der Waals surface area contributed by atoms with Crippen LogP contribution < -0.4 is 10.1 Å². The molecule has 0 bridgehead atoms. The van der Waals surface area contributed by atoms with E-state index in [0.717, 1.165) is 11.1 Å². The van der Waals surface area contributed by atoms with Crippen molar-refractivity contribution in [1.29, 1.82) is 0 Å². The average Bonchev–Trinajstić information content (AvgIpc) is 3.15. The third-order valence-electron chi connectivity index (χ3n) is 4.59. The number of methoxy groups -OCH3 is 1. The van der Waals surface area contributed by atoms with E-state index in [4.69, 9.17) is 9.26 Å². The van der Waals surface area contributed by atoms with Crippen LogP contribution in [0.1, 0.15) is 17.4 Å². The molecular formula is C20H20N4O3. The number of nitrogens with zero attached hydrogens (tertiary/aromatic N) is 3. The van der Waals surface area contributed by atoms with Gasteiger partial charge >= 0.3 is 6.03 Å². The Bertz CT molecular complexity index is 920. The number of carbonyl (C=O) groups excluding carboxylic acids is 1. The Morgan fingerprint density at radius 1 is 1.19 bits per heavy atom. The highest BCUT2D eigenvalue weighted by Crippen LogP contribution is 2.31. The third kappa shape index (κ3) is 3.62. The zero-order valence-corrected chi connectivity index (χ0v) is 15.0. The number of nitrogens with one attached hydrogen (secondary N) is 1. The third-order valence-corrected chi connectivity index (χ3v) is 4.59. The summed E-state index contributed by atoms with van der Waals surface area (Å²) in [5, 5.41) is 6.98. The molecule has 0 unspecified atom stereocenters. The number of aromatic nitrogens is 2. The van der Waals surface area contributed by atoms with Crippen LogP contribution in [0, 0.1) is 0 Å². The van der Waals surface area contributed by atoms with Crippen molar-refractivity contribution in [3.05, 3.63) is 66.1 Å². The Kier molecular flexibility index (Phi) is 4.74. The van der Waals surface area contributed by atoms with Crippen LogP contribution in [0.4, 0.5) is 4.79 Å². The van der Waals surface area contributed by atoms with Gasteiger partial charge in [-0.1, -0.05) is 47.6 Å². The number of amides is 2. The zero-order chi connectivity index (χ0) is 18.6. The Morgan fingerprint density at radius 2 is 1.93 bits per heavy atom. The van der Waals surface area contributed by atoms with E-state index in [1.165, 1.54) is 0 Å². The van der Waals surface area contributed by atoms with Gasteiger partial charge in [-0.3, -0.25) is 0 Å². The molecule has 1 fully saturated rings. The highest BCUT2D eigenvalue weighted by atomic mass is 16.5. The molecule has 138 valence electrons. The lowest BCUT2D eigenvalue weighted by atomic mass is 10.0. The van der Waals surface area contributed by atoms with Crippen LogP contribution in [0.5, 0.6) is 5.75 Å². The maximum Gasteiger partial charge on any atom is 0.317 e. The first kappa shape index (κ1) is 17.1. The van der Waals surface area contributed by atoms with Gasteiger partial charge in [-0.25, -0.2) is 4.79 Å². The van der Waals surface area contributed by atoms with Crippen LogP contribution in [-0.2, 0) is 6.54 Å². The summed E-state index contributed by atoms with van der Waals surface area (Å²) in [7, 11) is 1.61. The first-order valence-corrected chi connectivity index (χ1v) is 8.78. The average molecular weight is 364 g/mol. The number of hydrogen-bond acceptors (Lipinski definition) is 5. The molecule has 2 aromatic carbocycles. The minimum atomic E-state index is -0.0837. The number of para-hydroxylation sites is 1. The molecule has 2 amide bonds. The quantitative estimate of drug-likeness (QED) is 0.753. The van der Waals surface area contributed by atoms with E-state index >= 15 is 0 Å². The number of hydrogen-bond donors (Lipinski definition) is 1. The predicted molar refractivity (Wildman–Crippen MR) is 99.3 cm³/mol. The second-order valence-electron chi connectivity index (χ2n) is 6.40. The number of carbonyl (C=O) groups is 1. The molecule has 1 aromatic heterocycles. The Balaban J connectivity index is 1.33. The van der Waals surface area contributed by atoms with Crippen molar-refractivity contribution in [2.24, 2.45) is 0 Å². The standard InChI is InChI=1S/C20H20N4O3/c1-26-17-10-6-5-9-16(17)18-22-19(27-23-18)15-12-24(13-15)20(25)21-11-14-7-3-2-4-8-14/h2-10,15H,11-13H2,1H3,(H,21,25).